The zero-order chi connectivity index (χ0) is 17.6. The molecule has 0 atom stereocenters. The average Bonchev–Trinajstić information content (AvgIpc) is 2.61. The smallest absolute Gasteiger partial charge is 0.230 e. The number of nitrogens with zero attached hydrogens (tertiary/aromatic N) is 2. The lowest BCUT2D eigenvalue weighted by atomic mass is 10.1. The number of benzene rings is 2. The summed E-state index contributed by atoms with van der Waals surface area (Å²) in [5, 5.41) is 3.26. The topological polar surface area (TPSA) is 47.0 Å². The molecule has 25 heavy (non-hydrogen) atoms. The number of anilines is 2. The summed E-state index contributed by atoms with van der Waals surface area (Å²) in [5.41, 5.74) is 5.47. The van der Waals surface area contributed by atoms with Crippen LogP contribution in [0.1, 0.15) is 29.3 Å². The molecule has 1 heterocycles. The van der Waals surface area contributed by atoms with E-state index >= 15 is 0 Å². The summed E-state index contributed by atoms with van der Waals surface area (Å²) in [6.07, 6.45) is 0.995. The molecule has 0 radical (unpaired) electrons. The third kappa shape index (κ3) is 4.80. The predicted molar refractivity (Wildman–Crippen MR) is 101 cm³/mol. The van der Waals surface area contributed by atoms with Gasteiger partial charge in [0.15, 0.2) is 0 Å². The SMILES string of the molecule is CCc1cccc(Nc2nc(C)cc(OCc3ccc(C)cc3)n2)c1. The van der Waals surface area contributed by atoms with E-state index in [1.807, 2.05) is 25.1 Å². The maximum absolute atomic E-state index is 5.84. The molecule has 0 fully saturated rings. The Labute approximate surface area is 148 Å². The van der Waals surface area contributed by atoms with Crippen LogP contribution in [0.5, 0.6) is 5.88 Å². The molecule has 0 saturated carbocycles. The molecule has 128 valence electrons. The fraction of sp³-hybridized carbons (Fsp3) is 0.238. The Balaban J connectivity index is 1.72. The van der Waals surface area contributed by atoms with Crippen LogP contribution < -0.4 is 10.1 Å². The molecule has 3 aromatic rings. The van der Waals surface area contributed by atoms with Gasteiger partial charge in [-0.25, -0.2) is 4.98 Å². The van der Waals surface area contributed by atoms with E-state index in [1.165, 1.54) is 11.1 Å². The maximum Gasteiger partial charge on any atom is 0.230 e. The molecule has 0 spiro atoms. The second-order valence-corrected chi connectivity index (χ2v) is 6.12. The van der Waals surface area contributed by atoms with Crippen LogP contribution in [0.2, 0.25) is 0 Å². The van der Waals surface area contributed by atoms with Crippen molar-refractivity contribution >= 4 is 11.6 Å². The number of nitrogens with one attached hydrogen (secondary N) is 1. The van der Waals surface area contributed by atoms with E-state index in [1.54, 1.807) is 0 Å². The average molecular weight is 333 g/mol. The molecule has 0 saturated heterocycles. The maximum atomic E-state index is 5.84. The van der Waals surface area contributed by atoms with Crippen molar-refractivity contribution in [3.8, 4) is 5.88 Å². The second-order valence-electron chi connectivity index (χ2n) is 6.12. The lowest BCUT2D eigenvalue weighted by Gasteiger charge is -2.10. The number of aromatic nitrogens is 2. The van der Waals surface area contributed by atoms with Crippen molar-refractivity contribution in [2.45, 2.75) is 33.8 Å². The van der Waals surface area contributed by atoms with Crippen molar-refractivity contribution in [3.63, 3.8) is 0 Å². The van der Waals surface area contributed by atoms with Gasteiger partial charge in [0.2, 0.25) is 11.8 Å². The van der Waals surface area contributed by atoms with Gasteiger partial charge in [-0.15, -0.1) is 0 Å². The van der Waals surface area contributed by atoms with Crippen molar-refractivity contribution in [1.82, 2.24) is 9.97 Å². The summed E-state index contributed by atoms with van der Waals surface area (Å²) >= 11 is 0. The summed E-state index contributed by atoms with van der Waals surface area (Å²) in [7, 11) is 0. The first-order chi connectivity index (χ1) is 12.1. The lowest BCUT2D eigenvalue weighted by molar-refractivity contribution is 0.293. The molecule has 0 amide bonds. The Bertz CT molecular complexity index is 844. The predicted octanol–water partition coefficient (Wildman–Crippen LogP) is 4.98. The number of aryl methyl sites for hydroxylation is 3. The Morgan fingerprint density at radius 3 is 2.48 bits per heavy atom. The summed E-state index contributed by atoms with van der Waals surface area (Å²) in [5.74, 6) is 1.12. The summed E-state index contributed by atoms with van der Waals surface area (Å²) in [6, 6.07) is 18.4. The van der Waals surface area contributed by atoms with Crippen molar-refractivity contribution in [2.75, 3.05) is 5.32 Å². The second kappa shape index (κ2) is 7.79. The third-order valence-corrected chi connectivity index (χ3v) is 3.93. The van der Waals surface area contributed by atoms with Crippen LogP contribution in [-0.2, 0) is 13.0 Å². The van der Waals surface area contributed by atoms with Gasteiger partial charge in [0.25, 0.3) is 0 Å². The Morgan fingerprint density at radius 1 is 0.920 bits per heavy atom. The van der Waals surface area contributed by atoms with Gasteiger partial charge in [0, 0.05) is 17.4 Å². The van der Waals surface area contributed by atoms with Gasteiger partial charge < -0.3 is 10.1 Å². The third-order valence-electron chi connectivity index (χ3n) is 3.93. The van der Waals surface area contributed by atoms with Crippen molar-refractivity contribution in [2.24, 2.45) is 0 Å². The lowest BCUT2D eigenvalue weighted by Crippen LogP contribution is -2.03. The molecule has 4 heteroatoms. The van der Waals surface area contributed by atoms with Gasteiger partial charge in [-0.1, -0.05) is 48.9 Å². The van der Waals surface area contributed by atoms with Crippen LogP contribution in [0.15, 0.2) is 54.6 Å². The zero-order valence-electron chi connectivity index (χ0n) is 14.9. The normalized spacial score (nSPS) is 10.5. The summed E-state index contributed by atoms with van der Waals surface area (Å²) in [6.45, 7) is 6.64. The first-order valence-electron chi connectivity index (χ1n) is 8.52. The molecular weight excluding hydrogens is 310 g/mol. The van der Waals surface area contributed by atoms with Crippen LogP contribution >= 0.6 is 0 Å². The quantitative estimate of drug-likeness (QED) is 0.691. The van der Waals surface area contributed by atoms with Crippen LogP contribution in [-0.4, -0.2) is 9.97 Å². The van der Waals surface area contributed by atoms with Gasteiger partial charge in [-0.05, 0) is 43.5 Å². The molecule has 1 aromatic heterocycles. The van der Waals surface area contributed by atoms with Crippen LogP contribution in [0, 0.1) is 13.8 Å². The summed E-state index contributed by atoms with van der Waals surface area (Å²) in [4.78, 5) is 8.92. The number of rotatable bonds is 6. The van der Waals surface area contributed by atoms with Gasteiger partial charge >= 0.3 is 0 Å². The number of hydrogen-bond donors (Lipinski definition) is 1. The molecule has 0 aliphatic rings. The molecule has 2 aromatic carbocycles. The zero-order valence-corrected chi connectivity index (χ0v) is 14.9. The van der Waals surface area contributed by atoms with Crippen molar-refractivity contribution in [1.29, 1.82) is 0 Å². The van der Waals surface area contributed by atoms with Gasteiger partial charge in [-0.2, -0.15) is 4.98 Å². The molecule has 0 unspecified atom stereocenters. The first-order valence-corrected chi connectivity index (χ1v) is 8.52. The van der Waals surface area contributed by atoms with E-state index in [4.69, 9.17) is 4.74 Å². The van der Waals surface area contributed by atoms with E-state index < -0.39 is 0 Å². The Hall–Kier alpha value is -2.88. The molecule has 1 N–H and O–H groups in total. The molecule has 3 rings (SSSR count). The van der Waals surface area contributed by atoms with E-state index in [2.05, 4.69) is 65.5 Å². The van der Waals surface area contributed by atoms with Crippen molar-refractivity contribution in [3.05, 3.63) is 77.0 Å². The molecule has 0 aliphatic heterocycles. The minimum atomic E-state index is 0.488. The minimum Gasteiger partial charge on any atom is -0.473 e. The Morgan fingerprint density at radius 2 is 1.72 bits per heavy atom. The molecule has 0 aliphatic carbocycles. The van der Waals surface area contributed by atoms with E-state index in [-0.39, 0.29) is 0 Å². The first kappa shape index (κ1) is 17.0. The van der Waals surface area contributed by atoms with Gasteiger partial charge in [-0.3, -0.25) is 0 Å². The number of hydrogen-bond acceptors (Lipinski definition) is 4. The van der Waals surface area contributed by atoms with Crippen LogP contribution in [0.3, 0.4) is 0 Å². The monoisotopic (exact) mass is 333 g/mol. The van der Waals surface area contributed by atoms with Gasteiger partial charge in [0.1, 0.15) is 6.61 Å². The number of ether oxygens (including phenoxy) is 1. The van der Waals surface area contributed by atoms with Crippen LogP contribution in [0.4, 0.5) is 11.6 Å². The minimum absolute atomic E-state index is 0.488. The highest BCUT2D eigenvalue weighted by Crippen LogP contribution is 2.19. The van der Waals surface area contributed by atoms with Gasteiger partial charge in [0.05, 0.1) is 0 Å². The largest absolute Gasteiger partial charge is 0.473 e. The van der Waals surface area contributed by atoms with E-state index in [0.29, 0.717) is 18.4 Å². The standard InChI is InChI=1S/C21H23N3O/c1-4-17-6-5-7-19(13-17)23-21-22-16(3)12-20(24-21)25-14-18-10-8-15(2)9-11-18/h5-13H,4,14H2,1-3H3,(H,22,23,24). The molecule has 0 bridgehead atoms. The molecule has 4 nitrogen and oxygen atoms in total. The highest BCUT2D eigenvalue weighted by molar-refractivity contribution is 5.54. The fourth-order valence-electron chi connectivity index (χ4n) is 2.51. The van der Waals surface area contributed by atoms with Crippen LogP contribution in [0.25, 0.3) is 0 Å². The highest BCUT2D eigenvalue weighted by atomic mass is 16.5. The van der Waals surface area contributed by atoms with Crippen molar-refractivity contribution < 1.29 is 4.74 Å². The van der Waals surface area contributed by atoms with E-state index in [9.17, 15) is 0 Å². The fourth-order valence-corrected chi connectivity index (χ4v) is 2.51. The molecular formula is C21H23N3O. The highest BCUT2D eigenvalue weighted by Gasteiger charge is 2.05. The Kier molecular flexibility index (Phi) is 5.29. The van der Waals surface area contributed by atoms with E-state index in [0.717, 1.165) is 23.4 Å². The summed E-state index contributed by atoms with van der Waals surface area (Å²) < 4.78 is 5.84.